The Balaban J connectivity index is 0.00000272. The van der Waals surface area contributed by atoms with Crippen LogP contribution in [0.4, 0.5) is 5.69 Å². The molecule has 0 aliphatic heterocycles. The van der Waals surface area contributed by atoms with Crippen molar-refractivity contribution in [3.8, 4) is 28.1 Å². The predicted octanol–water partition coefficient (Wildman–Crippen LogP) is 6.08. The average Bonchev–Trinajstić information content (AvgIpc) is 3.21. The molecular formula is C25H25BrN2O2S. The van der Waals surface area contributed by atoms with Gasteiger partial charge in [0.05, 0.1) is 18.5 Å². The van der Waals surface area contributed by atoms with Gasteiger partial charge in [-0.2, -0.15) is 0 Å². The first kappa shape index (κ1) is 23.0. The smallest absolute Gasteiger partial charge is 0.190 e. The van der Waals surface area contributed by atoms with Crippen LogP contribution in [-0.4, -0.2) is 23.4 Å². The molecule has 0 fully saturated rings. The van der Waals surface area contributed by atoms with Gasteiger partial charge in [0, 0.05) is 18.5 Å². The first-order valence-electron chi connectivity index (χ1n) is 9.92. The predicted molar refractivity (Wildman–Crippen MR) is 133 cm³/mol. The molecule has 160 valence electrons. The summed E-state index contributed by atoms with van der Waals surface area (Å²) in [5.74, 6) is 0.812. The second kappa shape index (κ2) is 11.1. The van der Waals surface area contributed by atoms with Gasteiger partial charge in [0.15, 0.2) is 4.80 Å². The highest BCUT2D eigenvalue weighted by molar-refractivity contribution is 8.93. The molecule has 31 heavy (non-hydrogen) atoms. The molecule has 1 heterocycles. The molecule has 0 radical (unpaired) electrons. The number of thiazole rings is 1. The molecule has 1 aromatic heterocycles. The first-order chi connectivity index (χ1) is 14.8. The number of methoxy groups -OCH3 is 1. The number of hydrogen-bond acceptors (Lipinski definition) is 4. The maximum absolute atomic E-state index is 9.37. The van der Waals surface area contributed by atoms with E-state index in [1.54, 1.807) is 18.4 Å². The number of rotatable bonds is 7. The fourth-order valence-corrected chi connectivity index (χ4v) is 4.28. The van der Waals surface area contributed by atoms with Crippen LogP contribution in [0.2, 0.25) is 0 Å². The number of aromatic nitrogens is 1. The summed E-state index contributed by atoms with van der Waals surface area (Å²) in [7, 11) is 1.66. The van der Waals surface area contributed by atoms with E-state index < -0.39 is 0 Å². The minimum atomic E-state index is 0. The molecule has 0 unspecified atom stereocenters. The molecule has 0 spiro atoms. The standard InChI is InChI=1S/C25H24N2O2S.BrH/c1-29-23-14-12-22(13-15-23)26-25-27(16-5-17-28)24(18-30-25)21-10-8-20(9-11-21)19-6-3-2-4-7-19;/h2-4,6-15,18,28H,5,16-17H2,1H3;1H. The van der Waals surface area contributed by atoms with Crippen molar-refractivity contribution >= 4 is 34.0 Å². The number of halogens is 1. The number of nitrogens with zero attached hydrogens (tertiary/aromatic N) is 2. The van der Waals surface area contributed by atoms with E-state index in [1.165, 1.54) is 11.1 Å². The third-order valence-electron chi connectivity index (χ3n) is 4.92. The van der Waals surface area contributed by atoms with Crippen molar-refractivity contribution in [2.24, 2.45) is 4.99 Å². The van der Waals surface area contributed by atoms with Gasteiger partial charge in [0.25, 0.3) is 0 Å². The highest BCUT2D eigenvalue weighted by Crippen LogP contribution is 2.26. The lowest BCUT2D eigenvalue weighted by molar-refractivity contribution is 0.279. The van der Waals surface area contributed by atoms with E-state index in [0.29, 0.717) is 13.0 Å². The van der Waals surface area contributed by atoms with Crippen LogP contribution in [0.25, 0.3) is 22.4 Å². The van der Waals surface area contributed by atoms with E-state index in [4.69, 9.17) is 9.73 Å². The van der Waals surface area contributed by atoms with Crippen LogP contribution in [0.5, 0.6) is 5.75 Å². The van der Waals surface area contributed by atoms with Gasteiger partial charge in [0.1, 0.15) is 5.75 Å². The summed E-state index contributed by atoms with van der Waals surface area (Å²) in [5.41, 5.74) is 5.53. The summed E-state index contributed by atoms with van der Waals surface area (Å²) in [6.07, 6.45) is 0.682. The van der Waals surface area contributed by atoms with Crippen molar-refractivity contribution < 1.29 is 9.84 Å². The minimum Gasteiger partial charge on any atom is -0.497 e. The van der Waals surface area contributed by atoms with Crippen LogP contribution in [0.15, 0.2) is 89.2 Å². The Bertz CT molecular complexity index is 1150. The number of hydrogen-bond donors (Lipinski definition) is 1. The zero-order valence-electron chi connectivity index (χ0n) is 17.3. The summed E-state index contributed by atoms with van der Waals surface area (Å²) in [5, 5.41) is 11.5. The summed E-state index contributed by atoms with van der Waals surface area (Å²) >= 11 is 1.61. The van der Waals surface area contributed by atoms with Gasteiger partial charge in [-0.1, -0.05) is 54.6 Å². The molecule has 4 nitrogen and oxygen atoms in total. The van der Waals surface area contributed by atoms with E-state index in [2.05, 4.69) is 58.5 Å². The Morgan fingerprint density at radius 1 is 0.871 bits per heavy atom. The van der Waals surface area contributed by atoms with Crippen LogP contribution in [0.1, 0.15) is 6.42 Å². The minimum absolute atomic E-state index is 0. The van der Waals surface area contributed by atoms with E-state index in [1.807, 2.05) is 30.3 Å². The van der Waals surface area contributed by atoms with E-state index in [0.717, 1.165) is 27.5 Å². The van der Waals surface area contributed by atoms with Crippen molar-refractivity contribution in [3.05, 3.63) is 89.0 Å². The largest absolute Gasteiger partial charge is 0.497 e. The molecule has 0 aliphatic carbocycles. The lowest BCUT2D eigenvalue weighted by Crippen LogP contribution is -2.16. The van der Waals surface area contributed by atoms with E-state index in [-0.39, 0.29) is 23.6 Å². The highest BCUT2D eigenvalue weighted by atomic mass is 79.9. The lowest BCUT2D eigenvalue weighted by Gasteiger charge is -2.09. The zero-order chi connectivity index (χ0) is 20.8. The Morgan fingerprint density at radius 2 is 1.52 bits per heavy atom. The summed E-state index contributed by atoms with van der Waals surface area (Å²) in [6.45, 7) is 0.863. The van der Waals surface area contributed by atoms with Crippen LogP contribution in [0, 0.1) is 0 Å². The Labute approximate surface area is 196 Å². The fourth-order valence-electron chi connectivity index (χ4n) is 3.33. The molecule has 4 rings (SSSR count). The summed E-state index contributed by atoms with van der Waals surface area (Å²) in [6, 6.07) is 26.7. The quantitative estimate of drug-likeness (QED) is 0.336. The maximum Gasteiger partial charge on any atom is 0.190 e. The van der Waals surface area contributed by atoms with Gasteiger partial charge in [-0.25, -0.2) is 4.99 Å². The SMILES string of the molecule is Br.COc1ccc(N=c2scc(-c3ccc(-c4ccccc4)cc3)n2CCCO)cc1. The van der Waals surface area contributed by atoms with Gasteiger partial charge >= 0.3 is 0 Å². The van der Waals surface area contributed by atoms with Crippen LogP contribution < -0.4 is 9.54 Å². The molecular weight excluding hydrogens is 472 g/mol. The van der Waals surface area contributed by atoms with Crippen molar-refractivity contribution in [1.82, 2.24) is 4.57 Å². The molecule has 0 amide bonds. The zero-order valence-corrected chi connectivity index (χ0v) is 19.8. The number of aliphatic hydroxyl groups excluding tert-OH is 1. The maximum atomic E-state index is 9.37. The Morgan fingerprint density at radius 3 is 2.16 bits per heavy atom. The van der Waals surface area contributed by atoms with Crippen molar-refractivity contribution in [2.45, 2.75) is 13.0 Å². The molecule has 1 N–H and O–H groups in total. The lowest BCUT2D eigenvalue weighted by atomic mass is 10.0. The molecule has 6 heteroatoms. The van der Waals surface area contributed by atoms with Gasteiger partial charge in [0.2, 0.25) is 0 Å². The van der Waals surface area contributed by atoms with Crippen LogP contribution in [0.3, 0.4) is 0 Å². The van der Waals surface area contributed by atoms with Gasteiger partial charge in [-0.05, 0) is 47.4 Å². The van der Waals surface area contributed by atoms with E-state index in [9.17, 15) is 5.11 Å². The van der Waals surface area contributed by atoms with Gasteiger partial charge < -0.3 is 14.4 Å². The molecule has 0 saturated carbocycles. The molecule has 0 saturated heterocycles. The fraction of sp³-hybridized carbons (Fsp3) is 0.160. The summed E-state index contributed by atoms with van der Waals surface area (Å²) in [4.78, 5) is 5.74. The normalized spacial score (nSPS) is 11.2. The van der Waals surface area contributed by atoms with Gasteiger partial charge in [-0.3, -0.25) is 0 Å². The summed E-state index contributed by atoms with van der Waals surface area (Å²) < 4.78 is 7.41. The highest BCUT2D eigenvalue weighted by Gasteiger charge is 2.09. The monoisotopic (exact) mass is 496 g/mol. The number of benzene rings is 3. The third kappa shape index (κ3) is 5.53. The molecule has 3 aromatic carbocycles. The number of aliphatic hydroxyl groups is 1. The van der Waals surface area contributed by atoms with Crippen molar-refractivity contribution in [3.63, 3.8) is 0 Å². The second-order valence-electron chi connectivity index (χ2n) is 6.89. The third-order valence-corrected chi connectivity index (χ3v) is 5.79. The Hall–Kier alpha value is -2.67. The molecule has 4 aromatic rings. The second-order valence-corrected chi connectivity index (χ2v) is 7.72. The van der Waals surface area contributed by atoms with Crippen molar-refractivity contribution in [1.29, 1.82) is 0 Å². The number of ether oxygens (including phenoxy) is 1. The molecule has 0 bridgehead atoms. The molecule has 0 atom stereocenters. The van der Waals surface area contributed by atoms with Gasteiger partial charge in [-0.15, -0.1) is 28.3 Å². The Kier molecular flexibility index (Phi) is 8.23. The van der Waals surface area contributed by atoms with Crippen LogP contribution >= 0.6 is 28.3 Å². The first-order valence-corrected chi connectivity index (χ1v) is 10.8. The molecule has 0 aliphatic rings. The van der Waals surface area contributed by atoms with Crippen LogP contribution in [-0.2, 0) is 6.54 Å². The average molecular weight is 497 g/mol. The van der Waals surface area contributed by atoms with Crippen molar-refractivity contribution in [2.75, 3.05) is 13.7 Å². The topological polar surface area (TPSA) is 46.8 Å². The van der Waals surface area contributed by atoms with E-state index >= 15 is 0 Å².